The van der Waals surface area contributed by atoms with Crippen LogP contribution >= 0.6 is 43.5 Å². The largest absolute Gasteiger partial charge is 0.506 e. The number of carbonyl (C=O) groups excluding carboxylic acids is 1. The molecule has 0 atom stereocenters. The molecule has 0 radical (unpaired) electrons. The van der Waals surface area contributed by atoms with Crippen molar-refractivity contribution in [2.45, 2.75) is 0 Å². The second kappa shape index (κ2) is 5.94. The fraction of sp³-hybridized carbons (Fsp3) is 0. The van der Waals surface area contributed by atoms with Gasteiger partial charge in [0.2, 0.25) is 0 Å². The van der Waals surface area contributed by atoms with E-state index >= 15 is 0 Å². The molecule has 19 heavy (non-hydrogen) atoms. The van der Waals surface area contributed by atoms with Crippen molar-refractivity contribution in [3.63, 3.8) is 0 Å². The molecule has 0 heterocycles. The normalized spacial score (nSPS) is 10.3. The number of phenolic OH excluding ortho intramolecular Hbond substituents is 1. The van der Waals surface area contributed by atoms with E-state index < -0.39 is 0 Å². The van der Waals surface area contributed by atoms with Crippen molar-refractivity contribution in [3.8, 4) is 5.75 Å². The van der Waals surface area contributed by atoms with Gasteiger partial charge in [-0.2, -0.15) is 0 Å². The van der Waals surface area contributed by atoms with Crippen molar-refractivity contribution < 1.29 is 9.90 Å². The molecule has 0 fully saturated rings. The van der Waals surface area contributed by atoms with Gasteiger partial charge in [-0.1, -0.05) is 17.7 Å². The third kappa shape index (κ3) is 3.49. The molecule has 0 aromatic heterocycles. The lowest BCUT2D eigenvalue weighted by atomic mass is 10.2. The number of phenols is 1. The molecular formula is C13H8Br2ClNO2. The quantitative estimate of drug-likeness (QED) is 0.704. The van der Waals surface area contributed by atoms with Gasteiger partial charge in [-0.25, -0.2) is 0 Å². The minimum Gasteiger partial charge on any atom is -0.506 e. The SMILES string of the molecule is O=C(Nc1cc(Br)c(O)c(Br)c1)c1cccc(Cl)c1. The van der Waals surface area contributed by atoms with E-state index in [1.165, 1.54) is 0 Å². The molecule has 6 heteroatoms. The van der Waals surface area contributed by atoms with Gasteiger partial charge >= 0.3 is 0 Å². The lowest BCUT2D eigenvalue weighted by Crippen LogP contribution is -2.11. The summed E-state index contributed by atoms with van der Waals surface area (Å²) in [5, 5.41) is 12.8. The van der Waals surface area contributed by atoms with Crippen molar-refractivity contribution >= 4 is 55.1 Å². The average molecular weight is 405 g/mol. The van der Waals surface area contributed by atoms with Crippen LogP contribution in [0.2, 0.25) is 5.02 Å². The van der Waals surface area contributed by atoms with E-state index in [1.807, 2.05) is 0 Å². The summed E-state index contributed by atoms with van der Waals surface area (Å²) < 4.78 is 0.978. The van der Waals surface area contributed by atoms with Crippen LogP contribution in [-0.4, -0.2) is 11.0 Å². The third-order valence-electron chi connectivity index (χ3n) is 2.36. The summed E-state index contributed by atoms with van der Waals surface area (Å²) in [6.45, 7) is 0. The van der Waals surface area contributed by atoms with E-state index in [0.29, 0.717) is 25.2 Å². The zero-order chi connectivity index (χ0) is 14.0. The fourth-order valence-electron chi connectivity index (χ4n) is 1.47. The molecule has 0 aliphatic rings. The maximum Gasteiger partial charge on any atom is 0.255 e. The van der Waals surface area contributed by atoms with Crippen LogP contribution in [0.4, 0.5) is 5.69 Å². The predicted octanol–water partition coefficient (Wildman–Crippen LogP) is 4.82. The van der Waals surface area contributed by atoms with Crippen molar-refractivity contribution in [1.82, 2.24) is 0 Å². The molecule has 2 aromatic rings. The van der Waals surface area contributed by atoms with Gasteiger partial charge in [-0.3, -0.25) is 4.79 Å². The molecule has 0 spiro atoms. The van der Waals surface area contributed by atoms with Crippen LogP contribution in [0.15, 0.2) is 45.3 Å². The molecule has 0 unspecified atom stereocenters. The summed E-state index contributed by atoms with van der Waals surface area (Å²) in [6, 6.07) is 9.89. The molecule has 0 saturated heterocycles. The van der Waals surface area contributed by atoms with E-state index in [0.717, 1.165) is 0 Å². The Morgan fingerprint density at radius 1 is 1.16 bits per heavy atom. The van der Waals surface area contributed by atoms with Crippen molar-refractivity contribution in [2.24, 2.45) is 0 Å². The third-order valence-corrected chi connectivity index (χ3v) is 3.81. The van der Waals surface area contributed by atoms with Crippen LogP contribution in [0.3, 0.4) is 0 Å². The number of anilines is 1. The van der Waals surface area contributed by atoms with Gasteiger partial charge in [0, 0.05) is 16.3 Å². The Hall–Kier alpha value is -1.04. The Kier molecular flexibility index (Phi) is 4.50. The van der Waals surface area contributed by atoms with Crippen LogP contribution in [0.1, 0.15) is 10.4 Å². The summed E-state index contributed by atoms with van der Waals surface area (Å²) in [5.41, 5.74) is 1.02. The number of hydrogen-bond acceptors (Lipinski definition) is 2. The first-order valence-corrected chi connectivity index (χ1v) is 7.18. The monoisotopic (exact) mass is 403 g/mol. The number of carbonyl (C=O) groups is 1. The van der Waals surface area contributed by atoms with Gasteiger partial charge < -0.3 is 10.4 Å². The Morgan fingerprint density at radius 3 is 2.37 bits per heavy atom. The lowest BCUT2D eigenvalue weighted by molar-refractivity contribution is 0.102. The molecule has 2 N–H and O–H groups in total. The first-order valence-electron chi connectivity index (χ1n) is 5.22. The van der Waals surface area contributed by atoms with E-state index in [4.69, 9.17) is 11.6 Å². The van der Waals surface area contributed by atoms with Crippen molar-refractivity contribution in [3.05, 3.63) is 55.9 Å². The van der Waals surface area contributed by atoms with Gasteiger partial charge in [-0.15, -0.1) is 0 Å². The maximum atomic E-state index is 12.0. The standard InChI is InChI=1S/C13H8Br2ClNO2/c14-10-5-9(6-11(15)12(10)18)17-13(19)7-2-1-3-8(16)4-7/h1-6,18H,(H,17,19). The van der Waals surface area contributed by atoms with E-state index in [9.17, 15) is 9.90 Å². The topological polar surface area (TPSA) is 49.3 Å². The molecule has 1 amide bonds. The molecule has 3 nitrogen and oxygen atoms in total. The van der Waals surface area contributed by atoms with Crippen LogP contribution < -0.4 is 5.32 Å². The Bertz CT molecular complexity index is 623. The maximum absolute atomic E-state index is 12.0. The smallest absolute Gasteiger partial charge is 0.255 e. The molecule has 98 valence electrons. The van der Waals surface area contributed by atoms with Crippen molar-refractivity contribution in [2.75, 3.05) is 5.32 Å². The molecule has 0 saturated carbocycles. The molecule has 0 aliphatic heterocycles. The second-order valence-electron chi connectivity index (χ2n) is 3.75. The highest BCUT2D eigenvalue weighted by Crippen LogP contribution is 2.35. The van der Waals surface area contributed by atoms with Gasteiger partial charge in [0.1, 0.15) is 5.75 Å². The summed E-state index contributed by atoms with van der Waals surface area (Å²) in [7, 11) is 0. The second-order valence-corrected chi connectivity index (χ2v) is 5.90. The Balaban J connectivity index is 2.24. The molecule has 0 aliphatic carbocycles. The Labute approximate surface area is 131 Å². The summed E-state index contributed by atoms with van der Waals surface area (Å²) in [6.07, 6.45) is 0. The number of benzene rings is 2. The number of aromatic hydroxyl groups is 1. The summed E-state index contributed by atoms with van der Waals surface area (Å²) >= 11 is 12.2. The van der Waals surface area contributed by atoms with E-state index in [2.05, 4.69) is 37.2 Å². The van der Waals surface area contributed by atoms with Gasteiger partial charge in [0.05, 0.1) is 8.95 Å². The summed E-state index contributed by atoms with van der Waals surface area (Å²) in [4.78, 5) is 12.0. The summed E-state index contributed by atoms with van der Waals surface area (Å²) in [5.74, 6) is -0.187. The van der Waals surface area contributed by atoms with Gasteiger partial charge in [-0.05, 0) is 62.2 Å². The molecule has 0 bridgehead atoms. The van der Waals surface area contributed by atoms with Crippen molar-refractivity contribution in [1.29, 1.82) is 0 Å². The zero-order valence-corrected chi connectivity index (χ0v) is 13.4. The number of halogens is 3. The average Bonchev–Trinajstić information content (AvgIpc) is 2.36. The number of nitrogens with one attached hydrogen (secondary N) is 1. The highest BCUT2D eigenvalue weighted by Gasteiger charge is 2.10. The molecule has 2 rings (SSSR count). The molecule has 2 aromatic carbocycles. The highest BCUT2D eigenvalue weighted by molar-refractivity contribution is 9.11. The van der Waals surface area contributed by atoms with E-state index in [-0.39, 0.29) is 11.7 Å². The predicted molar refractivity (Wildman–Crippen MR) is 82.9 cm³/mol. The number of hydrogen-bond donors (Lipinski definition) is 2. The van der Waals surface area contributed by atoms with Crippen LogP contribution in [0.5, 0.6) is 5.75 Å². The first-order chi connectivity index (χ1) is 8.97. The first kappa shape index (κ1) is 14.4. The number of amides is 1. The van der Waals surface area contributed by atoms with Crippen LogP contribution in [-0.2, 0) is 0 Å². The minimum atomic E-state index is -0.271. The number of rotatable bonds is 2. The minimum absolute atomic E-state index is 0.0840. The van der Waals surface area contributed by atoms with Gasteiger partial charge in [0.15, 0.2) is 0 Å². The molecular weight excluding hydrogens is 397 g/mol. The highest BCUT2D eigenvalue weighted by atomic mass is 79.9. The lowest BCUT2D eigenvalue weighted by Gasteiger charge is -2.08. The van der Waals surface area contributed by atoms with Crippen LogP contribution in [0, 0.1) is 0 Å². The van der Waals surface area contributed by atoms with Gasteiger partial charge in [0.25, 0.3) is 5.91 Å². The van der Waals surface area contributed by atoms with E-state index in [1.54, 1.807) is 36.4 Å². The Morgan fingerprint density at radius 2 is 1.79 bits per heavy atom. The fourth-order valence-corrected chi connectivity index (χ4v) is 2.85. The zero-order valence-electron chi connectivity index (χ0n) is 9.45. The van der Waals surface area contributed by atoms with Crippen LogP contribution in [0.25, 0.3) is 0 Å².